The van der Waals surface area contributed by atoms with Crippen molar-refractivity contribution in [3.63, 3.8) is 0 Å². The number of nitrogen functional groups attached to an aromatic ring is 1. The molecule has 0 heterocycles. The van der Waals surface area contributed by atoms with Gasteiger partial charge in [-0.3, -0.25) is 0 Å². The maximum Gasteiger partial charge on any atom is 0.168 e. The minimum atomic E-state index is 0.486. The van der Waals surface area contributed by atoms with Crippen LogP contribution < -0.4 is 15.8 Å². The van der Waals surface area contributed by atoms with Gasteiger partial charge in [0.2, 0.25) is 0 Å². The van der Waals surface area contributed by atoms with Gasteiger partial charge >= 0.3 is 0 Å². The van der Waals surface area contributed by atoms with Gasteiger partial charge in [-0.25, -0.2) is 0 Å². The van der Waals surface area contributed by atoms with Gasteiger partial charge in [0.15, 0.2) is 5.75 Å². The normalized spacial score (nSPS) is 10.4. The van der Waals surface area contributed by atoms with Gasteiger partial charge < -0.3 is 15.8 Å². The molecular formula is C19H16BrClN2O. The highest BCUT2D eigenvalue weighted by Gasteiger charge is 2.07. The summed E-state index contributed by atoms with van der Waals surface area (Å²) in [6, 6.07) is 21.2. The molecule has 0 aromatic heterocycles. The van der Waals surface area contributed by atoms with Gasteiger partial charge in [-0.05, 0) is 54.1 Å². The van der Waals surface area contributed by atoms with E-state index in [9.17, 15) is 0 Å². The molecule has 3 N–H and O–H groups in total. The lowest BCUT2D eigenvalue weighted by Gasteiger charge is -2.11. The Balaban J connectivity index is 1.64. The molecule has 0 unspecified atom stereocenters. The zero-order chi connectivity index (χ0) is 16.9. The van der Waals surface area contributed by atoms with Crippen LogP contribution in [0.1, 0.15) is 5.56 Å². The summed E-state index contributed by atoms with van der Waals surface area (Å²) in [5, 5.41) is 3.87. The average molecular weight is 404 g/mol. The van der Waals surface area contributed by atoms with E-state index in [0.717, 1.165) is 22.3 Å². The van der Waals surface area contributed by atoms with E-state index in [2.05, 4.69) is 21.2 Å². The number of anilines is 2. The zero-order valence-corrected chi connectivity index (χ0v) is 15.1. The van der Waals surface area contributed by atoms with E-state index < -0.39 is 0 Å². The maximum atomic E-state index is 6.12. The predicted molar refractivity (Wildman–Crippen MR) is 104 cm³/mol. The first-order chi connectivity index (χ1) is 11.6. The third-order valence-corrected chi connectivity index (χ3v) is 4.31. The number of hydrogen-bond acceptors (Lipinski definition) is 3. The Labute approximate surface area is 154 Å². The average Bonchev–Trinajstić information content (AvgIpc) is 2.59. The summed E-state index contributed by atoms with van der Waals surface area (Å²) < 4.78 is 6.85. The highest BCUT2D eigenvalue weighted by Crippen LogP contribution is 2.34. The number of para-hydroxylation sites is 1. The smallest absolute Gasteiger partial charge is 0.168 e. The first-order valence-electron chi connectivity index (χ1n) is 7.42. The molecule has 24 heavy (non-hydrogen) atoms. The van der Waals surface area contributed by atoms with Crippen molar-refractivity contribution < 1.29 is 4.74 Å². The summed E-state index contributed by atoms with van der Waals surface area (Å²) in [5.41, 5.74) is 8.64. The molecule has 0 saturated carbocycles. The lowest BCUT2D eigenvalue weighted by atomic mass is 10.2. The first kappa shape index (κ1) is 16.7. The largest absolute Gasteiger partial charge is 0.454 e. The highest BCUT2D eigenvalue weighted by atomic mass is 79.9. The van der Waals surface area contributed by atoms with Crippen molar-refractivity contribution >= 4 is 38.9 Å². The van der Waals surface area contributed by atoms with Crippen LogP contribution in [0.15, 0.2) is 71.2 Å². The van der Waals surface area contributed by atoms with Crippen LogP contribution in [0.5, 0.6) is 11.5 Å². The van der Waals surface area contributed by atoms with Crippen LogP contribution >= 0.6 is 27.5 Å². The molecule has 0 saturated heterocycles. The van der Waals surface area contributed by atoms with Crippen molar-refractivity contribution in [3.8, 4) is 11.5 Å². The summed E-state index contributed by atoms with van der Waals surface area (Å²) in [6.45, 7) is 0.732. The van der Waals surface area contributed by atoms with Crippen molar-refractivity contribution in [2.75, 3.05) is 11.1 Å². The van der Waals surface area contributed by atoms with Gasteiger partial charge in [0, 0.05) is 16.7 Å². The summed E-state index contributed by atoms with van der Waals surface area (Å²) in [7, 11) is 0. The molecule has 0 radical (unpaired) electrons. The molecule has 5 heteroatoms. The summed E-state index contributed by atoms with van der Waals surface area (Å²) in [4.78, 5) is 0. The summed E-state index contributed by atoms with van der Waals surface area (Å²) in [5.74, 6) is 1.18. The van der Waals surface area contributed by atoms with Crippen molar-refractivity contribution in [1.82, 2.24) is 0 Å². The van der Waals surface area contributed by atoms with Gasteiger partial charge in [-0.15, -0.1) is 0 Å². The van der Waals surface area contributed by atoms with E-state index in [1.54, 1.807) is 18.2 Å². The Morgan fingerprint density at radius 2 is 1.67 bits per heavy atom. The van der Waals surface area contributed by atoms with E-state index in [1.807, 2.05) is 48.5 Å². The van der Waals surface area contributed by atoms with Gasteiger partial charge in [0.05, 0.1) is 10.7 Å². The number of halogens is 2. The molecule has 0 spiro atoms. The second kappa shape index (κ2) is 7.60. The van der Waals surface area contributed by atoms with E-state index in [0.29, 0.717) is 22.2 Å². The standard InChI is InChI=1S/C19H16BrClN2O/c20-14-6-8-15(9-7-14)23-12-13-4-10-16(11-5-13)24-19-17(21)2-1-3-18(19)22/h1-11,23H,12,22H2. The number of benzene rings is 3. The van der Waals surface area contributed by atoms with Crippen LogP contribution in [0.25, 0.3) is 0 Å². The second-order valence-corrected chi connectivity index (χ2v) is 6.59. The third kappa shape index (κ3) is 4.22. The Hall–Kier alpha value is -2.17. The molecule has 0 aliphatic carbocycles. The summed E-state index contributed by atoms with van der Waals surface area (Å²) >= 11 is 9.55. The molecule has 0 bridgehead atoms. The van der Waals surface area contributed by atoms with Crippen LogP contribution in [0.4, 0.5) is 11.4 Å². The molecule has 3 aromatic carbocycles. The minimum absolute atomic E-state index is 0.486. The molecule has 0 aliphatic rings. The summed E-state index contributed by atoms with van der Waals surface area (Å²) in [6.07, 6.45) is 0. The lowest BCUT2D eigenvalue weighted by molar-refractivity contribution is 0.485. The van der Waals surface area contributed by atoms with E-state index >= 15 is 0 Å². The van der Waals surface area contributed by atoms with E-state index in [4.69, 9.17) is 22.1 Å². The van der Waals surface area contributed by atoms with Crippen molar-refractivity contribution in [1.29, 1.82) is 0 Å². The Kier molecular flexibility index (Phi) is 5.28. The number of rotatable bonds is 5. The van der Waals surface area contributed by atoms with Crippen molar-refractivity contribution in [2.45, 2.75) is 6.54 Å². The Bertz CT molecular complexity index is 800. The van der Waals surface area contributed by atoms with E-state index in [-0.39, 0.29) is 0 Å². The molecule has 0 fully saturated rings. The topological polar surface area (TPSA) is 47.3 Å². The van der Waals surface area contributed by atoms with Crippen molar-refractivity contribution in [2.24, 2.45) is 0 Å². The van der Waals surface area contributed by atoms with Crippen LogP contribution in [0.3, 0.4) is 0 Å². The fourth-order valence-corrected chi connectivity index (χ4v) is 2.68. The number of nitrogens with one attached hydrogen (secondary N) is 1. The van der Waals surface area contributed by atoms with Gasteiger partial charge in [-0.2, -0.15) is 0 Å². The molecule has 0 atom stereocenters. The molecule has 3 nitrogen and oxygen atoms in total. The van der Waals surface area contributed by atoms with Crippen molar-refractivity contribution in [3.05, 3.63) is 81.8 Å². The molecule has 0 aliphatic heterocycles. The highest BCUT2D eigenvalue weighted by molar-refractivity contribution is 9.10. The van der Waals surface area contributed by atoms with Crippen LogP contribution in [0.2, 0.25) is 5.02 Å². The van der Waals surface area contributed by atoms with Crippen LogP contribution in [-0.4, -0.2) is 0 Å². The molecule has 3 rings (SSSR count). The monoisotopic (exact) mass is 402 g/mol. The van der Waals surface area contributed by atoms with Crippen LogP contribution in [0, 0.1) is 0 Å². The zero-order valence-electron chi connectivity index (χ0n) is 12.8. The van der Waals surface area contributed by atoms with Gasteiger partial charge in [-0.1, -0.05) is 45.7 Å². The third-order valence-electron chi connectivity index (χ3n) is 3.48. The lowest BCUT2D eigenvalue weighted by Crippen LogP contribution is -1.99. The first-order valence-corrected chi connectivity index (χ1v) is 8.59. The molecule has 0 amide bonds. The van der Waals surface area contributed by atoms with Crippen LogP contribution in [-0.2, 0) is 6.54 Å². The molecule has 122 valence electrons. The quantitative estimate of drug-likeness (QED) is 0.507. The van der Waals surface area contributed by atoms with E-state index in [1.165, 1.54) is 0 Å². The SMILES string of the molecule is Nc1cccc(Cl)c1Oc1ccc(CNc2ccc(Br)cc2)cc1. The minimum Gasteiger partial charge on any atom is -0.454 e. The fourth-order valence-electron chi connectivity index (χ4n) is 2.20. The second-order valence-electron chi connectivity index (χ2n) is 5.26. The predicted octanol–water partition coefficient (Wildman–Crippen LogP) is 6.09. The Morgan fingerprint density at radius 1 is 0.958 bits per heavy atom. The fraction of sp³-hybridized carbons (Fsp3) is 0.0526. The number of ether oxygens (including phenoxy) is 1. The van der Waals surface area contributed by atoms with Gasteiger partial charge in [0.25, 0.3) is 0 Å². The molecule has 3 aromatic rings. The Morgan fingerprint density at radius 3 is 2.33 bits per heavy atom. The number of nitrogens with two attached hydrogens (primary N) is 1. The number of hydrogen-bond donors (Lipinski definition) is 2. The maximum absolute atomic E-state index is 6.12. The molecular weight excluding hydrogens is 388 g/mol. The van der Waals surface area contributed by atoms with Gasteiger partial charge in [0.1, 0.15) is 5.75 Å².